The Kier molecular flexibility index (Phi) is 8.30. The van der Waals surface area contributed by atoms with Crippen LogP contribution in [-0.2, 0) is 14.4 Å². The number of nitrogens with one attached hydrogen (secondary N) is 2. The summed E-state index contributed by atoms with van der Waals surface area (Å²) in [5, 5.41) is 5.89. The first kappa shape index (κ1) is 27.9. The van der Waals surface area contributed by atoms with Gasteiger partial charge in [-0.3, -0.25) is 24.2 Å². The molecule has 3 aromatic carbocycles. The first-order valence-electron chi connectivity index (χ1n) is 13.8. The fraction of sp³-hybridized carbons (Fsp3) is 0.290. The minimum Gasteiger partial charge on any atom is -0.322 e. The molecule has 0 spiro atoms. The van der Waals surface area contributed by atoms with Crippen molar-refractivity contribution in [3.8, 4) is 0 Å². The van der Waals surface area contributed by atoms with Gasteiger partial charge in [0.15, 0.2) is 6.04 Å². The van der Waals surface area contributed by atoms with Gasteiger partial charge in [-0.1, -0.05) is 48.5 Å². The molecule has 41 heavy (non-hydrogen) atoms. The van der Waals surface area contributed by atoms with Crippen LogP contribution in [0.3, 0.4) is 0 Å². The van der Waals surface area contributed by atoms with E-state index in [4.69, 9.17) is 0 Å². The van der Waals surface area contributed by atoms with Crippen LogP contribution in [0, 0.1) is 0 Å². The van der Waals surface area contributed by atoms with Crippen molar-refractivity contribution < 1.29 is 19.2 Å². The molecule has 1 atom stereocenters. The topological polar surface area (TPSA) is 105 Å². The minimum absolute atomic E-state index is 0.187. The van der Waals surface area contributed by atoms with E-state index in [2.05, 4.69) is 10.6 Å². The van der Waals surface area contributed by atoms with E-state index in [0.717, 1.165) is 0 Å². The van der Waals surface area contributed by atoms with Gasteiger partial charge in [-0.05, 0) is 50.2 Å². The Hall–Kier alpha value is -4.70. The molecule has 5 rings (SSSR count). The third-order valence-electron chi connectivity index (χ3n) is 7.19. The molecule has 2 N–H and O–H groups in total. The number of carbonyl (C=O) groups excluding carboxylic acids is 4. The molecule has 0 saturated carbocycles. The van der Waals surface area contributed by atoms with E-state index in [1.165, 1.54) is 9.80 Å². The highest BCUT2D eigenvalue weighted by Crippen LogP contribution is 2.38. The quantitative estimate of drug-likeness (QED) is 0.456. The van der Waals surface area contributed by atoms with Crippen LogP contribution >= 0.6 is 0 Å². The van der Waals surface area contributed by atoms with E-state index in [1.807, 2.05) is 50.2 Å². The number of urea groups is 1. The number of benzene rings is 3. The molecule has 10 heteroatoms. The fourth-order valence-corrected chi connectivity index (χ4v) is 5.25. The SMILES string of the molecule is CC(C)N(C(=O)CN1C(=O)C(NC(=O)N2CCNCC2)C(=O)N(c2ccccc2)c2ccccc21)c1ccccc1. The van der Waals surface area contributed by atoms with E-state index in [9.17, 15) is 19.2 Å². The Morgan fingerprint density at radius 1 is 0.854 bits per heavy atom. The number of fused-ring (bicyclic) bond motifs is 1. The molecule has 1 unspecified atom stereocenters. The van der Waals surface area contributed by atoms with E-state index in [0.29, 0.717) is 48.9 Å². The summed E-state index contributed by atoms with van der Waals surface area (Å²) in [4.78, 5) is 61.5. The van der Waals surface area contributed by atoms with Crippen LogP contribution in [0.2, 0.25) is 0 Å². The predicted octanol–water partition coefficient (Wildman–Crippen LogP) is 3.12. The van der Waals surface area contributed by atoms with Gasteiger partial charge in [-0.15, -0.1) is 0 Å². The lowest BCUT2D eigenvalue weighted by atomic mass is 10.2. The monoisotopic (exact) mass is 554 g/mol. The summed E-state index contributed by atoms with van der Waals surface area (Å²) in [6, 6.07) is 23.0. The van der Waals surface area contributed by atoms with Crippen LogP contribution in [0.25, 0.3) is 0 Å². The van der Waals surface area contributed by atoms with Gasteiger partial charge < -0.3 is 20.4 Å². The third-order valence-corrected chi connectivity index (χ3v) is 7.19. The molecule has 0 aliphatic carbocycles. The molecule has 5 amide bonds. The molecular weight excluding hydrogens is 520 g/mol. The summed E-state index contributed by atoms with van der Waals surface area (Å²) in [6.07, 6.45) is 0. The van der Waals surface area contributed by atoms with Gasteiger partial charge in [0.05, 0.1) is 11.4 Å². The second-order valence-corrected chi connectivity index (χ2v) is 10.2. The second kappa shape index (κ2) is 12.2. The molecule has 212 valence electrons. The first-order valence-corrected chi connectivity index (χ1v) is 13.8. The summed E-state index contributed by atoms with van der Waals surface area (Å²) in [5.74, 6) is -1.59. The maximum atomic E-state index is 14.2. The summed E-state index contributed by atoms with van der Waals surface area (Å²) >= 11 is 0. The summed E-state index contributed by atoms with van der Waals surface area (Å²) in [6.45, 7) is 5.62. The molecule has 0 aromatic heterocycles. The number of amides is 5. The fourth-order valence-electron chi connectivity index (χ4n) is 5.25. The highest BCUT2D eigenvalue weighted by molar-refractivity contribution is 6.24. The van der Waals surface area contributed by atoms with Crippen molar-refractivity contribution in [3.63, 3.8) is 0 Å². The van der Waals surface area contributed by atoms with Gasteiger partial charge in [0, 0.05) is 43.6 Å². The van der Waals surface area contributed by atoms with Crippen LogP contribution < -0.4 is 25.3 Å². The Bertz CT molecular complexity index is 1410. The normalized spacial score (nSPS) is 17.2. The summed E-state index contributed by atoms with van der Waals surface area (Å²) < 4.78 is 0. The van der Waals surface area contributed by atoms with Crippen molar-refractivity contribution in [1.29, 1.82) is 0 Å². The predicted molar refractivity (Wildman–Crippen MR) is 158 cm³/mol. The Labute approximate surface area is 239 Å². The average Bonchev–Trinajstić information content (AvgIpc) is 3.07. The zero-order valence-electron chi connectivity index (χ0n) is 23.2. The number of piperazine rings is 1. The number of nitrogens with zero attached hydrogens (tertiary/aromatic N) is 4. The van der Waals surface area contributed by atoms with Crippen molar-refractivity contribution in [3.05, 3.63) is 84.9 Å². The number of hydrogen-bond donors (Lipinski definition) is 2. The molecule has 2 aliphatic heterocycles. The van der Waals surface area contributed by atoms with Gasteiger partial charge in [-0.2, -0.15) is 0 Å². The zero-order valence-corrected chi connectivity index (χ0v) is 23.2. The van der Waals surface area contributed by atoms with Crippen molar-refractivity contribution in [2.75, 3.05) is 47.4 Å². The molecule has 0 radical (unpaired) electrons. The van der Waals surface area contributed by atoms with E-state index >= 15 is 0 Å². The molecule has 3 aromatic rings. The van der Waals surface area contributed by atoms with Crippen LogP contribution in [0.1, 0.15) is 13.8 Å². The molecular formula is C31H34N6O4. The summed E-state index contributed by atoms with van der Waals surface area (Å²) in [5.41, 5.74) is 2.09. The number of carbonyl (C=O) groups is 4. The second-order valence-electron chi connectivity index (χ2n) is 10.2. The van der Waals surface area contributed by atoms with Crippen molar-refractivity contribution >= 4 is 46.5 Å². The average molecular weight is 555 g/mol. The maximum Gasteiger partial charge on any atom is 0.318 e. The van der Waals surface area contributed by atoms with Crippen LogP contribution in [0.5, 0.6) is 0 Å². The first-order chi connectivity index (χ1) is 19.9. The van der Waals surface area contributed by atoms with Crippen molar-refractivity contribution in [1.82, 2.24) is 15.5 Å². The largest absolute Gasteiger partial charge is 0.322 e. The van der Waals surface area contributed by atoms with Gasteiger partial charge in [0.25, 0.3) is 11.8 Å². The Morgan fingerprint density at radius 2 is 1.44 bits per heavy atom. The Morgan fingerprint density at radius 3 is 2.07 bits per heavy atom. The van der Waals surface area contributed by atoms with Gasteiger partial charge in [0.2, 0.25) is 5.91 Å². The lowest BCUT2D eigenvalue weighted by Crippen LogP contribution is -2.60. The van der Waals surface area contributed by atoms with Gasteiger partial charge >= 0.3 is 6.03 Å². The standard InChI is InChI=1S/C31H34N6O4/c1-22(2)36(23-11-5-3-6-12-23)27(38)21-35-25-15-9-10-16-26(25)37(24-13-7-4-8-14-24)30(40)28(29(35)39)33-31(41)34-19-17-32-18-20-34/h3-16,22,28,32H,17-21H2,1-2H3,(H,33,41). The smallest absolute Gasteiger partial charge is 0.318 e. The number of hydrogen-bond acceptors (Lipinski definition) is 5. The lowest BCUT2D eigenvalue weighted by Gasteiger charge is -2.32. The minimum atomic E-state index is -1.54. The lowest BCUT2D eigenvalue weighted by molar-refractivity contribution is -0.129. The highest BCUT2D eigenvalue weighted by Gasteiger charge is 2.43. The van der Waals surface area contributed by atoms with Gasteiger partial charge in [0.1, 0.15) is 6.54 Å². The van der Waals surface area contributed by atoms with Crippen LogP contribution in [0.4, 0.5) is 27.5 Å². The Balaban J connectivity index is 1.56. The van der Waals surface area contributed by atoms with E-state index in [1.54, 1.807) is 58.3 Å². The highest BCUT2D eigenvalue weighted by atomic mass is 16.2. The van der Waals surface area contributed by atoms with Gasteiger partial charge in [-0.25, -0.2) is 4.79 Å². The molecule has 2 heterocycles. The number of anilines is 4. The molecule has 2 aliphatic rings. The van der Waals surface area contributed by atoms with Crippen LogP contribution in [-0.4, -0.2) is 73.5 Å². The third kappa shape index (κ3) is 5.78. The number of para-hydroxylation sites is 4. The van der Waals surface area contributed by atoms with Crippen molar-refractivity contribution in [2.24, 2.45) is 0 Å². The number of rotatable bonds is 6. The van der Waals surface area contributed by atoms with E-state index < -0.39 is 23.9 Å². The molecule has 10 nitrogen and oxygen atoms in total. The maximum absolute atomic E-state index is 14.2. The molecule has 0 bridgehead atoms. The molecule has 1 fully saturated rings. The van der Waals surface area contributed by atoms with E-state index in [-0.39, 0.29) is 18.5 Å². The van der Waals surface area contributed by atoms with Crippen LogP contribution in [0.15, 0.2) is 84.9 Å². The van der Waals surface area contributed by atoms with Crippen molar-refractivity contribution in [2.45, 2.75) is 25.9 Å². The molecule has 1 saturated heterocycles. The summed E-state index contributed by atoms with van der Waals surface area (Å²) in [7, 11) is 0. The zero-order chi connectivity index (χ0) is 28.9.